The van der Waals surface area contributed by atoms with Gasteiger partial charge in [0.15, 0.2) is 5.58 Å². The number of aliphatic hydroxyl groups excluding tert-OH is 1. The Bertz CT molecular complexity index is 646. The molecule has 6 heteroatoms. The normalized spacial score (nSPS) is 23.0. The number of aromatic amines is 1. The quantitative estimate of drug-likeness (QED) is 0.624. The number of rotatable bonds is 3. The summed E-state index contributed by atoms with van der Waals surface area (Å²) in [6.45, 7) is 0.773. The molecule has 6 nitrogen and oxygen atoms in total. The van der Waals surface area contributed by atoms with E-state index in [1.54, 1.807) is 12.1 Å². The predicted octanol–water partition coefficient (Wildman–Crippen LogP) is 1.28. The van der Waals surface area contributed by atoms with Crippen LogP contribution in [0.5, 0.6) is 0 Å². The zero-order chi connectivity index (χ0) is 13.4. The highest BCUT2D eigenvalue weighted by Gasteiger charge is 2.22. The Morgan fingerprint density at radius 3 is 3.05 bits per heavy atom. The van der Waals surface area contributed by atoms with E-state index >= 15 is 0 Å². The van der Waals surface area contributed by atoms with Crippen LogP contribution in [0.2, 0.25) is 0 Å². The fourth-order valence-electron chi connectivity index (χ4n) is 2.65. The average Bonchev–Trinajstić information content (AvgIpc) is 2.91. The van der Waals surface area contributed by atoms with Crippen molar-refractivity contribution in [2.75, 3.05) is 17.6 Å². The number of oxazole rings is 1. The summed E-state index contributed by atoms with van der Waals surface area (Å²) in [4.78, 5) is 13.7. The van der Waals surface area contributed by atoms with Gasteiger partial charge in [-0.2, -0.15) is 0 Å². The Balaban J connectivity index is 1.76. The fraction of sp³-hybridized carbons (Fsp3) is 0.462. The molecule has 1 fully saturated rings. The average molecular weight is 263 g/mol. The topological polar surface area (TPSA) is 104 Å². The molecule has 1 heterocycles. The molecule has 0 amide bonds. The lowest BCUT2D eigenvalue weighted by atomic mass is 10.1. The van der Waals surface area contributed by atoms with Gasteiger partial charge in [-0.05, 0) is 31.2 Å². The number of aliphatic hydroxyl groups is 1. The highest BCUT2D eigenvalue weighted by molar-refractivity contribution is 5.85. The molecule has 3 rings (SSSR count). The van der Waals surface area contributed by atoms with Gasteiger partial charge in [0.25, 0.3) is 0 Å². The highest BCUT2D eigenvalue weighted by atomic mass is 16.4. The smallest absolute Gasteiger partial charge is 0.408 e. The third-order valence-corrected chi connectivity index (χ3v) is 3.69. The minimum Gasteiger partial charge on any atom is -0.408 e. The third kappa shape index (κ3) is 2.44. The van der Waals surface area contributed by atoms with Crippen LogP contribution in [0.3, 0.4) is 0 Å². The van der Waals surface area contributed by atoms with Crippen LogP contribution in [0.15, 0.2) is 21.3 Å². The number of fused-ring (bicyclic) bond motifs is 1. The van der Waals surface area contributed by atoms with Gasteiger partial charge in [0.1, 0.15) is 0 Å². The number of hydrogen-bond donors (Lipinski definition) is 4. The molecule has 1 aliphatic carbocycles. The molecule has 1 saturated carbocycles. The second-order valence-corrected chi connectivity index (χ2v) is 5.16. The van der Waals surface area contributed by atoms with Crippen molar-refractivity contribution in [1.82, 2.24) is 4.98 Å². The monoisotopic (exact) mass is 263 g/mol. The van der Waals surface area contributed by atoms with Crippen molar-refractivity contribution in [2.45, 2.75) is 25.4 Å². The Morgan fingerprint density at radius 2 is 2.32 bits per heavy atom. The van der Waals surface area contributed by atoms with Gasteiger partial charge >= 0.3 is 5.76 Å². The fourth-order valence-corrected chi connectivity index (χ4v) is 2.65. The highest BCUT2D eigenvalue weighted by Crippen LogP contribution is 2.28. The number of aromatic nitrogens is 1. The summed E-state index contributed by atoms with van der Waals surface area (Å²) in [7, 11) is 0. The van der Waals surface area contributed by atoms with Crippen LogP contribution in [0.25, 0.3) is 11.1 Å². The van der Waals surface area contributed by atoms with E-state index in [9.17, 15) is 9.90 Å². The summed E-state index contributed by atoms with van der Waals surface area (Å²) in [5.41, 5.74) is 8.35. The largest absolute Gasteiger partial charge is 0.417 e. The predicted molar refractivity (Wildman–Crippen MR) is 73.1 cm³/mol. The van der Waals surface area contributed by atoms with E-state index in [2.05, 4.69) is 10.3 Å². The molecule has 1 aromatic heterocycles. The molecule has 0 bridgehead atoms. The summed E-state index contributed by atoms with van der Waals surface area (Å²) in [6.07, 6.45) is 2.56. The number of hydrogen-bond acceptors (Lipinski definition) is 5. The van der Waals surface area contributed by atoms with E-state index in [-0.39, 0.29) is 6.10 Å². The second kappa shape index (κ2) is 4.62. The maximum Gasteiger partial charge on any atom is 0.417 e. The summed E-state index contributed by atoms with van der Waals surface area (Å²) in [6, 6.07) is 3.42. The minimum absolute atomic E-state index is 0.170. The maximum atomic E-state index is 11.1. The lowest BCUT2D eigenvalue weighted by molar-refractivity contribution is 0.178. The van der Waals surface area contributed by atoms with Crippen molar-refractivity contribution < 1.29 is 9.52 Å². The first-order chi connectivity index (χ1) is 9.11. The second-order valence-electron chi connectivity index (χ2n) is 5.16. The molecule has 0 spiro atoms. The Labute approximate surface area is 109 Å². The molecular formula is C13H17N3O3. The van der Waals surface area contributed by atoms with Gasteiger partial charge in [0.05, 0.1) is 23.0 Å². The van der Waals surface area contributed by atoms with Crippen LogP contribution in [0, 0.1) is 5.92 Å². The Hall–Kier alpha value is -1.95. The molecule has 1 aromatic carbocycles. The first-order valence-corrected chi connectivity index (χ1v) is 6.46. The van der Waals surface area contributed by atoms with E-state index < -0.39 is 5.76 Å². The summed E-state index contributed by atoms with van der Waals surface area (Å²) >= 11 is 0. The summed E-state index contributed by atoms with van der Waals surface area (Å²) in [5.74, 6) is -0.0149. The van der Waals surface area contributed by atoms with Gasteiger partial charge in [0, 0.05) is 12.6 Å². The van der Waals surface area contributed by atoms with Crippen molar-refractivity contribution in [3.8, 4) is 0 Å². The molecular weight excluding hydrogens is 246 g/mol. The van der Waals surface area contributed by atoms with Gasteiger partial charge in [-0.3, -0.25) is 4.98 Å². The van der Waals surface area contributed by atoms with Gasteiger partial charge in [-0.25, -0.2) is 4.79 Å². The van der Waals surface area contributed by atoms with Crippen molar-refractivity contribution in [3.63, 3.8) is 0 Å². The van der Waals surface area contributed by atoms with Crippen LogP contribution >= 0.6 is 0 Å². The van der Waals surface area contributed by atoms with Gasteiger partial charge in [-0.1, -0.05) is 0 Å². The van der Waals surface area contributed by atoms with Crippen LogP contribution in [0.4, 0.5) is 11.4 Å². The maximum absolute atomic E-state index is 11.1. The number of nitrogen functional groups attached to an aromatic ring is 1. The molecule has 0 radical (unpaired) electrons. The van der Waals surface area contributed by atoms with Crippen molar-refractivity contribution in [2.24, 2.45) is 5.92 Å². The molecule has 1 aliphatic rings. The van der Waals surface area contributed by atoms with Gasteiger partial charge < -0.3 is 20.6 Å². The van der Waals surface area contributed by atoms with E-state index in [1.807, 2.05) is 0 Å². The van der Waals surface area contributed by atoms with Crippen molar-refractivity contribution >= 4 is 22.5 Å². The molecule has 2 unspecified atom stereocenters. The lowest BCUT2D eigenvalue weighted by Crippen LogP contribution is -2.13. The van der Waals surface area contributed by atoms with Crippen molar-refractivity contribution in [1.29, 1.82) is 0 Å². The van der Waals surface area contributed by atoms with Crippen LogP contribution in [-0.4, -0.2) is 22.7 Å². The van der Waals surface area contributed by atoms with E-state index in [0.29, 0.717) is 22.7 Å². The molecule has 102 valence electrons. The Morgan fingerprint density at radius 1 is 1.47 bits per heavy atom. The first kappa shape index (κ1) is 12.1. The number of nitrogens with two attached hydrogens (primary N) is 1. The third-order valence-electron chi connectivity index (χ3n) is 3.69. The van der Waals surface area contributed by atoms with Gasteiger partial charge in [0.2, 0.25) is 0 Å². The molecule has 2 aromatic rings. The molecule has 19 heavy (non-hydrogen) atoms. The standard InChI is InChI=1S/C13H17N3O3/c14-9-4-12-11(16-13(18)19-12)5-10(9)15-6-7-1-2-8(17)3-7/h4-5,7-8,15,17H,1-3,6,14H2,(H,16,18). The summed E-state index contributed by atoms with van der Waals surface area (Å²) in [5, 5.41) is 12.8. The van der Waals surface area contributed by atoms with Crippen LogP contribution in [0.1, 0.15) is 19.3 Å². The van der Waals surface area contributed by atoms with E-state index in [0.717, 1.165) is 31.5 Å². The molecule has 0 saturated heterocycles. The molecule has 2 atom stereocenters. The number of H-pyrrole nitrogens is 1. The molecule has 5 N–H and O–H groups in total. The van der Waals surface area contributed by atoms with E-state index in [4.69, 9.17) is 10.2 Å². The lowest BCUT2D eigenvalue weighted by Gasteiger charge is -2.13. The van der Waals surface area contributed by atoms with Gasteiger partial charge in [-0.15, -0.1) is 0 Å². The van der Waals surface area contributed by atoms with Crippen molar-refractivity contribution in [3.05, 3.63) is 22.7 Å². The zero-order valence-corrected chi connectivity index (χ0v) is 10.5. The van der Waals surface area contributed by atoms with Crippen LogP contribution in [-0.2, 0) is 0 Å². The summed E-state index contributed by atoms with van der Waals surface area (Å²) < 4.78 is 4.94. The van der Waals surface area contributed by atoms with Crippen LogP contribution < -0.4 is 16.8 Å². The zero-order valence-electron chi connectivity index (χ0n) is 10.5. The SMILES string of the molecule is Nc1cc2oc(=O)[nH]c2cc1NCC1CCC(O)C1. The minimum atomic E-state index is -0.481. The first-order valence-electron chi connectivity index (χ1n) is 6.46. The number of benzene rings is 1. The van der Waals surface area contributed by atoms with E-state index in [1.165, 1.54) is 0 Å². The number of anilines is 2. The molecule has 0 aliphatic heterocycles. The number of nitrogens with one attached hydrogen (secondary N) is 2. The Kier molecular flexibility index (Phi) is 2.94.